The van der Waals surface area contributed by atoms with Crippen molar-refractivity contribution in [1.82, 2.24) is 0 Å². The summed E-state index contributed by atoms with van der Waals surface area (Å²) in [6.07, 6.45) is 4.20. The Balaban J connectivity index is 1.33. The molecular formula is C34H28O2. The number of hydrogen-bond donors (Lipinski definition) is 0. The molecule has 0 unspecified atom stereocenters. The first kappa shape index (κ1) is 24.5. The average molecular weight is 469 g/mol. The molecule has 2 heteroatoms. The predicted octanol–water partition coefficient (Wildman–Crippen LogP) is 7.45. The topological polar surface area (TPSA) is 18.5 Å². The first-order chi connectivity index (χ1) is 17.7. The molecule has 0 atom stereocenters. The summed E-state index contributed by atoms with van der Waals surface area (Å²) in [5.74, 6) is 14.6. The van der Waals surface area contributed by atoms with E-state index in [0.717, 1.165) is 44.9 Å². The average Bonchev–Trinajstić information content (AvgIpc) is 2.93. The van der Waals surface area contributed by atoms with Crippen LogP contribution in [-0.2, 0) is 0 Å². The first-order valence-corrected chi connectivity index (χ1v) is 12.1. The van der Waals surface area contributed by atoms with Crippen LogP contribution in [0.1, 0.15) is 47.2 Å². The lowest BCUT2D eigenvalue weighted by Gasteiger charge is -2.01. The molecule has 0 aromatic heterocycles. The zero-order chi connectivity index (χ0) is 25.0. The molecule has 0 radical (unpaired) electrons. The summed E-state index contributed by atoms with van der Waals surface area (Å²) in [4.78, 5) is 0. The molecule has 0 saturated carbocycles. The van der Waals surface area contributed by atoms with Crippen LogP contribution in [0.2, 0.25) is 0 Å². The summed E-state index contributed by atoms with van der Waals surface area (Å²) in [6.45, 7) is 5.28. The van der Waals surface area contributed by atoms with Gasteiger partial charge in [0.05, 0.1) is 13.2 Å². The van der Waals surface area contributed by atoms with E-state index in [1.165, 1.54) is 0 Å². The first-order valence-electron chi connectivity index (χ1n) is 12.1. The van der Waals surface area contributed by atoms with Crippen molar-refractivity contribution in [1.29, 1.82) is 0 Å². The van der Waals surface area contributed by atoms with Crippen molar-refractivity contribution in [3.63, 3.8) is 0 Å². The van der Waals surface area contributed by atoms with E-state index in [9.17, 15) is 0 Å². The van der Waals surface area contributed by atoms with Gasteiger partial charge in [-0.15, -0.1) is 0 Å². The lowest BCUT2D eigenvalue weighted by molar-refractivity contribution is 0.340. The fraction of sp³-hybridized carbons (Fsp3) is 0.118. The van der Waals surface area contributed by atoms with Crippen molar-refractivity contribution in [3.05, 3.63) is 130 Å². The van der Waals surface area contributed by atoms with Gasteiger partial charge in [-0.1, -0.05) is 60.1 Å². The second-order valence-corrected chi connectivity index (χ2v) is 7.99. The summed E-state index contributed by atoms with van der Waals surface area (Å²) in [5.41, 5.74) is 6.15. The highest BCUT2D eigenvalue weighted by Crippen LogP contribution is 2.14. The van der Waals surface area contributed by atoms with Gasteiger partial charge >= 0.3 is 0 Å². The van der Waals surface area contributed by atoms with E-state index in [0.29, 0.717) is 13.2 Å². The van der Waals surface area contributed by atoms with Gasteiger partial charge in [0.1, 0.15) is 11.5 Å². The van der Waals surface area contributed by atoms with E-state index in [2.05, 4.69) is 60.1 Å². The SMILES string of the molecule is CCOc1ccc(C#Cc2ccc(/C=C/c3ccc(C#Cc4ccc(OCC)cc4)cc3)cc2)cc1. The van der Waals surface area contributed by atoms with Gasteiger partial charge in [-0.3, -0.25) is 0 Å². The molecule has 4 rings (SSSR count). The monoisotopic (exact) mass is 468 g/mol. The van der Waals surface area contributed by atoms with Gasteiger partial charge in [-0.25, -0.2) is 0 Å². The van der Waals surface area contributed by atoms with E-state index in [1.54, 1.807) is 0 Å². The van der Waals surface area contributed by atoms with E-state index in [-0.39, 0.29) is 0 Å². The molecule has 0 aliphatic carbocycles. The molecule has 0 fully saturated rings. The van der Waals surface area contributed by atoms with Crippen molar-refractivity contribution in [2.75, 3.05) is 13.2 Å². The maximum atomic E-state index is 5.47. The molecule has 0 saturated heterocycles. The van der Waals surface area contributed by atoms with Gasteiger partial charge in [0.25, 0.3) is 0 Å². The number of benzene rings is 4. The van der Waals surface area contributed by atoms with Crippen LogP contribution in [0.3, 0.4) is 0 Å². The quantitative estimate of drug-likeness (QED) is 0.216. The summed E-state index contributed by atoms with van der Waals surface area (Å²) >= 11 is 0. The Morgan fingerprint density at radius 2 is 0.722 bits per heavy atom. The number of rotatable bonds is 6. The fourth-order valence-corrected chi connectivity index (χ4v) is 3.44. The number of ether oxygens (including phenoxy) is 2. The maximum absolute atomic E-state index is 5.47. The highest BCUT2D eigenvalue weighted by Gasteiger charge is 1.95. The van der Waals surface area contributed by atoms with Gasteiger partial charge < -0.3 is 9.47 Å². The van der Waals surface area contributed by atoms with Crippen LogP contribution in [0, 0.1) is 23.7 Å². The van der Waals surface area contributed by atoms with E-state index < -0.39 is 0 Å². The largest absolute Gasteiger partial charge is 0.494 e. The molecule has 4 aromatic carbocycles. The minimum absolute atomic E-state index is 0.664. The van der Waals surface area contributed by atoms with Crippen LogP contribution >= 0.6 is 0 Å². The summed E-state index contributed by atoms with van der Waals surface area (Å²) in [6, 6.07) is 32.2. The highest BCUT2D eigenvalue weighted by molar-refractivity contribution is 5.70. The van der Waals surface area contributed by atoms with Crippen molar-refractivity contribution >= 4 is 12.2 Å². The van der Waals surface area contributed by atoms with Gasteiger partial charge in [0.2, 0.25) is 0 Å². The molecule has 0 heterocycles. The third kappa shape index (κ3) is 7.42. The summed E-state index contributed by atoms with van der Waals surface area (Å²) in [7, 11) is 0. The third-order valence-electron chi connectivity index (χ3n) is 5.32. The van der Waals surface area contributed by atoms with Gasteiger partial charge in [0.15, 0.2) is 0 Å². The summed E-state index contributed by atoms with van der Waals surface area (Å²) < 4.78 is 10.9. The molecule has 4 aromatic rings. The molecule has 0 amide bonds. The van der Waals surface area contributed by atoms with Crippen LogP contribution in [0.15, 0.2) is 97.1 Å². The van der Waals surface area contributed by atoms with Crippen molar-refractivity contribution in [2.45, 2.75) is 13.8 Å². The Morgan fingerprint density at radius 3 is 1.00 bits per heavy atom. The van der Waals surface area contributed by atoms with Crippen LogP contribution in [-0.4, -0.2) is 13.2 Å². The highest BCUT2D eigenvalue weighted by atomic mass is 16.5. The minimum Gasteiger partial charge on any atom is -0.494 e. The molecule has 0 N–H and O–H groups in total. The molecule has 2 nitrogen and oxygen atoms in total. The Bertz CT molecular complexity index is 1290. The Morgan fingerprint density at radius 1 is 0.444 bits per heavy atom. The maximum Gasteiger partial charge on any atom is 0.119 e. The van der Waals surface area contributed by atoms with Crippen molar-refractivity contribution in [3.8, 4) is 35.2 Å². The predicted molar refractivity (Wildman–Crippen MR) is 149 cm³/mol. The standard InChI is InChI=1S/C34H28O2/c1-3-35-33-23-19-31(20-24-33)17-15-29-11-7-27(8-12-29)5-6-28-9-13-30(14-10-28)16-18-32-21-25-34(26-22-32)36-4-2/h5-14,19-26H,3-4H2,1-2H3/b6-5+. The lowest BCUT2D eigenvalue weighted by atomic mass is 10.1. The molecule has 176 valence electrons. The molecule has 0 aliphatic heterocycles. The van der Waals surface area contributed by atoms with Gasteiger partial charge in [0, 0.05) is 22.3 Å². The number of hydrogen-bond acceptors (Lipinski definition) is 2. The van der Waals surface area contributed by atoms with Crippen LogP contribution in [0.25, 0.3) is 12.2 Å². The van der Waals surface area contributed by atoms with Gasteiger partial charge in [-0.05, 0) is 97.8 Å². The molecule has 0 bridgehead atoms. The Hall–Kier alpha value is -4.66. The molecule has 0 aliphatic rings. The lowest BCUT2D eigenvalue weighted by Crippen LogP contribution is -1.90. The van der Waals surface area contributed by atoms with Crippen LogP contribution in [0.5, 0.6) is 11.5 Å². The normalized spacial score (nSPS) is 10.2. The Labute approximate surface area is 214 Å². The van der Waals surface area contributed by atoms with Gasteiger partial charge in [-0.2, -0.15) is 0 Å². The fourth-order valence-electron chi connectivity index (χ4n) is 3.44. The second-order valence-electron chi connectivity index (χ2n) is 7.99. The van der Waals surface area contributed by atoms with Crippen molar-refractivity contribution < 1.29 is 9.47 Å². The van der Waals surface area contributed by atoms with E-state index in [1.807, 2.05) is 86.6 Å². The van der Waals surface area contributed by atoms with E-state index >= 15 is 0 Å². The molecular weight excluding hydrogens is 440 g/mol. The van der Waals surface area contributed by atoms with E-state index in [4.69, 9.17) is 9.47 Å². The molecule has 36 heavy (non-hydrogen) atoms. The van der Waals surface area contributed by atoms with Crippen molar-refractivity contribution in [2.24, 2.45) is 0 Å². The van der Waals surface area contributed by atoms with Crippen LogP contribution in [0.4, 0.5) is 0 Å². The Kier molecular flexibility index (Phi) is 8.63. The van der Waals surface area contributed by atoms with Crippen LogP contribution < -0.4 is 9.47 Å². The smallest absolute Gasteiger partial charge is 0.119 e. The zero-order valence-corrected chi connectivity index (χ0v) is 20.6. The molecule has 0 spiro atoms. The third-order valence-corrected chi connectivity index (χ3v) is 5.32. The zero-order valence-electron chi connectivity index (χ0n) is 20.6. The summed E-state index contributed by atoms with van der Waals surface area (Å²) in [5, 5.41) is 0. The second kappa shape index (κ2) is 12.7. The minimum atomic E-state index is 0.664.